The first kappa shape index (κ1) is 24.8. The molecule has 0 unspecified atom stereocenters. The maximum atomic E-state index is 13.0. The summed E-state index contributed by atoms with van der Waals surface area (Å²) in [7, 11) is 5.93. The third kappa shape index (κ3) is 4.53. The molecule has 2 aromatic carbocycles. The molecule has 0 saturated carbocycles. The Bertz CT molecular complexity index is 1340. The average molecular weight is 525 g/mol. The predicted octanol–water partition coefficient (Wildman–Crippen LogP) is 4.73. The molecule has 2 heterocycles. The van der Waals surface area contributed by atoms with Crippen molar-refractivity contribution in [2.45, 2.75) is 31.8 Å². The van der Waals surface area contributed by atoms with E-state index in [1.54, 1.807) is 29.5 Å². The van der Waals surface area contributed by atoms with E-state index in [0.717, 1.165) is 41.8 Å². The van der Waals surface area contributed by atoms with Crippen molar-refractivity contribution in [2.24, 2.45) is 0 Å². The molecule has 1 atom stereocenters. The van der Waals surface area contributed by atoms with E-state index >= 15 is 0 Å². The zero-order valence-electron chi connectivity index (χ0n) is 21.1. The summed E-state index contributed by atoms with van der Waals surface area (Å²) < 4.78 is 27.1. The highest BCUT2D eigenvalue weighted by Crippen LogP contribution is 2.42. The third-order valence-electron chi connectivity index (χ3n) is 6.57. The summed E-state index contributed by atoms with van der Waals surface area (Å²) in [6, 6.07) is 8.21. The zero-order chi connectivity index (χ0) is 26.1. The van der Waals surface area contributed by atoms with Crippen molar-refractivity contribution in [3.05, 3.63) is 57.5 Å². The predicted molar refractivity (Wildman–Crippen MR) is 139 cm³/mol. The molecule has 1 aliphatic carbocycles. The van der Waals surface area contributed by atoms with Crippen LogP contribution in [0.3, 0.4) is 0 Å². The van der Waals surface area contributed by atoms with Crippen LogP contribution in [-0.4, -0.2) is 40.3 Å². The number of carbonyl (C=O) groups excluding carboxylic acids is 2. The number of esters is 1. The maximum absolute atomic E-state index is 13.0. The molecule has 3 aromatic rings. The zero-order valence-corrected chi connectivity index (χ0v) is 21.9. The van der Waals surface area contributed by atoms with Gasteiger partial charge in [0, 0.05) is 4.88 Å². The van der Waals surface area contributed by atoms with E-state index < -0.39 is 12.1 Å². The van der Waals surface area contributed by atoms with E-state index in [2.05, 4.69) is 10.6 Å². The number of nitrogens with one attached hydrogen (secondary N) is 2. The van der Waals surface area contributed by atoms with Gasteiger partial charge in [-0.05, 0) is 61.1 Å². The third-order valence-corrected chi connectivity index (χ3v) is 7.80. The molecular formula is C27H28N2O7S. The number of ether oxygens (including phenoxy) is 5. The minimum absolute atomic E-state index is 0.0741. The van der Waals surface area contributed by atoms with E-state index in [4.69, 9.17) is 23.7 Å². The van der Waals surface area contributed by atoms with Gasteiger partial charge in [-0.2, -0.15) is 0 Å². The van der Waals surface area contributed by atoms with Crippen LogP contribution in [0.2, 0.25) is 0 Å². The molecule has 0 bridgehead atoms. The Morgan fingerprint density at radius 2 is 1.57 bits per heavy atom. The Kier molecular flexibility index (Phi) is 6.84. The first-order valence-electron chi connectivity index (χ1n) is 11.9. The summed E-state index contributed by atoms with van der Waals surface area (Å²) >= 11 is 1.67. The van der Waals surface area contributed by atoms with Gasteiger partial charge in [-0.25, -0.2) is 4.79 Å². The topological polar surface area (TPSA) is 104 Å². The van der Waals surface area contributed by atoms with Crippen molar-refractivity contribution < 1.29 is 33.3 Å². The lowest BCUT2D eigenvalue weighted by Gasteiger charge is -2.27. The summed E-state index contributed by atoms with van der Waals surface area (Å²) in [6.45, 7) is 0. The van der Waals surface area contributed by atoms with Gasteiger partial charge in [-0.3, -0.25) is 4.79 Å². The number of carbonyl (C=O) groups is 2. The normalized spacial score (nSPS) is 16.0. The Labute approximate surface area is 218 Å². The lowest BCUT2D eigenvalue weighted by molar-refractivity contribution is 0.0728. The number of hydrogen-bond donors (Lipinski definition) is 2. The summed E-state index contributed by atoms with van der Waals surface area (Å²) in [5.41, 5.74) is 2.95. The van der Waals surface area contributed by atoms with Gasteiger partial charge < -0.3 is 34.3 Å². The molecule has 0 saturated heterocycles. The Morgan fingerprint density at radius 1 is 0.865 bits per heavy atom. The van der Waals surface area contributed by atoms with E-state index in [1.807, 2.05) is 0 Å². The van der Waals surface area contributed by atoms with Crippen LogP contribution >= 0.6 is 11.3 Å². The highest BCUT2D eigenvalue weighted by molar-refractivity contribution is 7.16. The van der Waals surface area contributed by atoms with Gasteiger partial charge >= 0.3 is 5.97 Å². The number of amides is 1. The number of anilines is 1. The average Bonchev–Trinajstić information content (AvgIpc) is 3.31. The van der Waals surface area contributed by atoms with Gasteiger partial charge in [0.25, 0.3) is 5.91 Å². The van der Waals surface area contributed by atoms with E-state index in [9.17, 15) is 9.59 Å². The van der Waals surface area contributed by atoms with Crippen molar-refractivity contribution in [1.82, 2.24) is 5.32 Å². The smallest absolute Gasteiger partial charge is 0.343 e. The van der Waals surface area contributed by atoms with Crippen molar-refractivity contribution >= 4 is 28.2 Å². The van der Waals surface area contributed by atoms with Crippen LogP contribution in [0, 0.1) is 0 Å². The first-order chi connectivity index (χ1) is 18.0. The first-order valence-corrected chi connectivity index (χ1v) is 12.7. The summed E-state index contributed by atoms with van der Waals surface area (Å²) in [4.78, 5) is 27.3. The van der Waals surface area contributed by atoms with Crippen LogP contribution in [0.25, 0.3) is 0 Å². The maximum Gasteiger partial charge on any atom is 0.343 e. The van der Waals surface area contributed by atoms with Gasteiger partial charge in [0.1, 0.15) is 11.2 Å². The molecule has 0 radical (unpaired) electrons. The number of hydrogen-bond acceptors (Lipinski definition) is 9. The quantitative estimate of drug-likeness (QED) is 0.338. The van der Waals surface area contributed by atoms with Crippen LogP contribution in [0.5, 0.6) is 28.7 Å². The van der Waals surface area contributed by atoms with Gasteiger partial charge in [-0.15, -0.1) is 11.3 Å². The summed E-state index contributed by atoms with van der Waals surface area (Å²) in [5.74, 6) is 0.943. The second kappa shape index (κ2) is 10.2. The van der Waals surface area contributed by atoms with E-state index in [0.29, 0.717) is 23.0 Å². The van der Waals surface area contributed by atoms with Crippen molar-refractivity contribution in [2.75, 3.05) is 33.8 Å². The molecule has 1 aliphatic heterocycles. The minimum Gasteiger partial charge on any atom is -0.493 e. The molecule has 194 valence electrons. The lowest BCUT2D eigenvalue weighted by atomic mass is 9.94. The molecule has 2 N–H and O–H groups in total. The molecule has 5 rings (SSSR count). The fourth-order valence-corrected chi connectivity index (χ4v) is 6.07. The molecule has 0 spiro atoms. The van der Waals surface area contributed by atoms with Crippen molar-refractivity contribution in [1.29, 1.82) is 0 Å². The summed E-state index contributed by atoms with van der Waals surface area (Å²) in [6.07, 6.45) is 3.80. The molecule has 2 aliphatic rings. The van der Waals surface area contributed by atoms with Crippen LogP contribution < -0.4 is 34.3 Å². The molecule has 10 heteroatoms. The monoisotopic (exact) mass is 524 g/mol. The SMILES string of the molecule is COc1cc([C@H]2NC(=O)c3c(sc4c3CCCC4)N2)ccc1OC(=O)c1cc(OC)c(OC)c(OC)c1. The number of aryl methyl sites for hydroxylation is 1. The lowest BCUT2D eigenvalue weighted by Crippen LogP contribution is -2.38. The van der Waals surface area contributed by atoms with E-state index in [1.165, 1.54) is 51.0 Å². The van der Waals surface area contributed by atoms with Crippen LogP contribution in [-0.2, 0) is 12.8 Å². The second-order valence-electron chi connectivity index (χ2n) is 8.68. The van der Waals surface area contributed by atoms with Crippen molar-refractivity contribution in [3.63, 3.8) is 0 Å². The number of rotatable bonds is 7. The number of benzene rings is 2. The fourth-order valence-electron chi connectivity index (χ4n) is 4.75. The number of thiophene rings is 1. The Hall–Kier alpha value is -3.92. The van der Waals surface area contributed by atoms with Gasteiger partial charge in [0.05, 0.1) is 39.6 Å². The van der Waals surface area contributed by atoms with Crippen LogP contribution in [0.4, 0.5) is 5.00 Å². The van der Waals surface area contributed by atoms with Crippen LogP contribution in [0.1, 0.15) is 55.7 Å². The Balaban J connectivity index is 1.38. The fraction of sp³-hybridized carbons (Fsp3) is 0.333. The highest BCUT2D eigenvalue weighted by atomic mass is 32.1. The number of methoxy groups -OCH3 is 4. The van der Waals surface area contributed by atoms with Crippen LogP contribution in [0.15, 0.2) is 30.3 Å². The standard InChI is InChI=1S/C27H28N2O7S/c1-32-18-11-14(24-28-25(30)22-16-7-5-6-8-21(16)37-26(22)29-24)9-10-17(18)36-27(31)15-12-19(33-2)23(35-4)20(13-15)34-3/h9-13,24,29H,5-8H2,1-4H3,(H,28,30)/t24-/m0/s1. The Morgan fingerprint density at radius 3 is 2.24 bits per heavy atom. The molecule has 0 fully saturated rings. The molecule has 37 heavy (non-hydrogen) atoms. The van der Waals surface area contributed by atoms with Gasteiger partial charge in [0.2, 0.25) is 5.75 Å². The number of fused-ring (bicyclic) bond motifs is 3. The van der Waals surface area contributed by atoms with E-state index in [-0.39, 0.29) is 17.2 Å². The molecule has 9 nitrogen and oxygen atoms in total. The molecule has 1 aromatic heterocycles. The minimum atomic E-state index is -0.622. The molecular weight excluding hydrogens is 496 g/mol. The highest BCUT2D eigenvalue weighted by Gasteiger charge is 2.32. The summed E-state index contributed by atoms with van der Waals surface area (Å²) in [5, 5.41) is 7.41. The molecule has 1 amide bonds. The second-order valence-corrected chi connectivity index (χ2v) is 9.78. The largest absolute Gasteiger partial charge is 0.493 e. The van der Waals surface area contributed by atoms with Gasteiger partial charge in [-0.1, -0.05) is 6.07 Å². The van der Waals surface area contributed by atoms with Crippen molar-refractivity contribution in [3.8, 4) is 28.7 Å². The van der Waals surface area contributed by atoms with Gasteiger partial charge in [0.15, 0.2) is 23.0 Å².